The summed E-state index contributed by atoms with van der Waals surface area (Å²) in [5, 5.41) is 1.25. The molecule has 0 saturated heterocycles. The van der Waals surface area contributed by atoms with Crippen molar-refractivity contribution in [1.82, 2.24) is 8.96 Å². The molecule has 0 fully saturated rings. The molecule has 30 heavy (non-hydrogen) atoms. The smallest absolute Gasteiger partial charge is 0.236 e. The van der Waals surface area contributed by atoms with Gasteiger partial charge in [-0.05, 0) is 47.1 Å². The molecule has 0 unspecified atom stereocenters. The van der Waals surface area contributed by atoms with Crippen LogP contribution in [0.5, 0.6) is 0 Å². The molecule has 2 aromatic heterocycles. The van der Waals surface area contributed by atoms with Crippen molar-refractivity contribution in [1.29, 1.82) is 0 Å². The quantitative estimate of drug-likeness (QED) is 0.292. The van der Waals surface area contributed by atoms with Gasteiger partial charge in [-0.3, -0.25) is 0 Å². The lowest BCUT2D eigenvalue weighted by atomic mass is 10.1. The third kappa shape index (κ3) is 4.46. The van der Waals surface area contributed by atoms with Crippen molar-refractivity contribution >= 4 is 48.6 Å². The minimum Gasteiger partial charge on any atom is -0.236 e. The molecule has 7 heteroatoms. The minimum absolute atomic E-state index is 0. The zero-order valence-corrected chi connectivity index (χ0v) is 19.4. The fourth-order valence-corrected chi connectivity index (χ4v) is 4.85. The van der Waals surface area contributed by atoms with E-state index in [1.807, 2.05) is 45.0 Å². The van der Waals surface area contributed by atoms with Crippen LogP contribution in [0.1, 0.15) is 26.8 Å². The molecule has 0 atom stereocenters. The van der Waals surface area contributed by atoms with E-state index in [0.29, 0.717) is 21.6 Å². The van der Waals surface area contributed by atoms with Gasteiger partial charge in [-0.25, -0.2) is 17.4 Å². The summed E-state index contributed by atoms with van der Waals surface area (Å²) >= 11 is 9.78. The highest BCUT2D eigenvalue weighted by Gasteiger charge is 2.23. The molecule has 4 nitrogen and oxygen atoms in total. The molecule has 0 aliphatic carbocycles. The predicted octanol–water partition coefficient (Wildman–Crippen LogP) is 7.33. The van der Waals surface area contributed by atoms with Gasteiger partial charge in [0.05, 0.1) is 4.90 Å². The number of rotatable bonds is 3. The first-order valence-electron chi connectivity index (χ1n) is 9.12. The van der Waals surface area contributed by atoms with Crippen molar-refractivity contribution in [3.63, 3.8) is 0 Å². The van der Waals surface area contributed by atoms with E-state index in [4.69, 9.17) is 11.6 Å². The molecule has 0 aliphatic rings. The summed E-state index contributed by atoms with van der Waals surface area (Å²) in [6.45, 7) is 5.91. The summed E-state index contributed by atoms with van der Waals surface area (Å²) in [4.78, 5) is 4.57. The molecule has 2 heterocycles. The number of hydrogen-bond donors (Lipinski definition) is 0. The van der Waals surface area contributed by atoms with Gasteiger partial charge in [0.1, 0.15) is 0 Å². The summed E-state index contributed by atoms with van der Waals surface area (Å²) in [5.74, 6) is 0. The molecule has 0 amide bonds. The van der Waals surface area contributed by atoms with E-state index in [-0.39, 0.29) is 12.3 Å². The normalized spacial score (nSPS) is 10.8. The molecule has 0 radical (unpaired) electrons. The summed E-state index contributed by atoms with van der Waals surface area (Å²) in [6, 6.07) is 15.9. The van der Waals surface area contributed by atoms with Crippen LogP contribution in [0.2, 0.25) is 5.02 Å². The van der Waals surface area contributed by atoms with E-state index in [1.54, 1.807) is 42.7 Å². The van der Waals surface area contributed by atoms with Crippen LogP contribution < -0.4 is 0 Å². The van der Waals surface area contributed by atoms with Crippen LogP contribution in [-0.4, -0.2) is 17.4 Å². The van der Waals surface area contributed by atoms with Gasteiger partial charge in [0.25, 0.3) is 10.0 Å². The topological polar surface area (TPSA) is 52.0 Å². The number of aryl methyl sites for hydroxylation is 1. The number of halogens is 2. The van der Waals surface area contributed by atoms with Crippen LogP contribution >= 0.6 is 27.5 Å². The van der Waals surface area contributed by atoms with Crippen molar-refractivity contribution < 1.29 is 8.42 Å². The van der Waals surface area contributed by atoms with Crippen LogP contribution in [0.4, 0.5) is 0 Å². The molecule has 4 rings (SSSR count). The van der Waals surface area contributed by atoms with Gasteiger partial charge in [0, 0.05) is 38.4 Å². The van der Waals surface area contributed by atoms with E-state index in [9.17, 15) is 8.42 Å². The Balaban J connectivity index is 0.00000104. The monoisotopic (exact) mass is 506 g/mol. The lowest BCUT2D eigenvalue weighted by Crippen LogP contribution is -2.12. The Labute approximate surface area is 191 Å². The Bertz CT molecular complexity index is 1270. The maximum atomic E-state index is 13.3. The molecule has 0 saturated carbocycles. The minimum atomic E-state index is -3.80. The van der Waals surface area contributed by atoms with Gasteiger partial charge in [-0.15, -0.1) is 0 Å². The van der Waals surface area contributed by atoms with Crippen LogP contribution in [-0.2, 0) is 10.0 Å². The standard InChI is InChI=1S/C20H14BrClN2O2S.C2H6.CH4/c1-13-6-8-15(9-7-13)27(25,26)24-12-18(16-4-2-3-5-19(16)22)17-10-14(21)11-23-20(17)24;1-2;/h2-12H,1H3;1-2H3;1H4. The third-order valence-corrected chi connectivity index (χ3v) is 6.75. The average molecular weight is 508 g/mol. The Morgan fingerprint density at radius 3 is 2.27 bits per heavy atom. The predicted molar refractivity (Wildman–Crippen MR) is 130 cm³/mol. The zero-order chi connectivity index (χ0) is 21.2. The van der Waals surface area contributed by atoms with Crippen molar-refractivity contribution in [3.8, 4) is 11.1 Å². The second kappa shape index (κ2) is 9.77. The largest absolute Gasteiger partial charge is 0.269 e. The Morgan fingerprint density at radius 2 is 1.63 bits per heavy atom. The van der Waals surface area contributed by atoms with E-state index in [2.05, 4.69) is 20.9 Å². The maximum Gasteiger partial charge on any atom is 0.269 e. The molecule has 2 aromatic carbocycles. The van der Waals surface area contributed by atoms with Gasteiger partial charge >= 0.3 is 0 Å². The number of aromatic nitrogens is 2. The Morgan fingerprint density at radius 1 is 1.00 bits per heavy atom. The zero-order valence-electron chi connectivity index (χ0n) is 16.2. The van der Waals surface area contributed by atoms with Gasteiger partial charge in [-0.1, -0.05) is 68.8 Å². The number of nitrogens with zero attached hydrogens (tertiary/aromatic N) is 2. The number of hydrogen-bond acceptors (Lipinski definition) is 3. The second-order valence-corrected chi connectivity index (χ2v) is 9.30. The van der Waals surface area contributed by atoms with Crippen LogP contribution in [0, 0.1) is 6.92 Å². The molecule has 0 bridgehead atoms. The summed E-state index contributed by atoms with van der Waals surface area (Å²) in [7, 11) is -3.80. The van der Waals surface area contributed by atoms with Gasteiger partial charge in [-0.2, -0.15) is 0 Å². The van der Waals surface area contributed by atoms with Gasteiger partial charge in [0.2, 0.25) is 0 Å². The fourth-order valence-electron chi connectivity index (χ4n) is 2.96. The van der Waals surface area contributed by atoms with Gasteiger partial charge in [0.15, 0.2) is 5.65 Å². The van der Waals surface area contributed by atoms with Crippen molar-refractivity contribution in [2.45, 2.75) is 33.1 Å². The fraction of sp³-hybridized carbons (Fsp3) is 0.174. The number of pyridine rings is 1. The van der Waals surface area contributed by atoms with Crippen molar-refractivity contribution in [2.75, 3.05) is 0 Å². The first-order chi connectivity index (χ1) is 13.9. The molecule has 0 spiro atoms. The lowest BCUT2D eigenvalue weighted by molar-refractivity contribution is 0.589. The van der Waals surface area contributed by atoms with Gasteiger partial charge < -0.3 is 0 Å². The molecule has 4 aromatic rings. The molecule has 0 aliphatic heterocycles. The molecular formula is C23H24BrClN2O2S. The van der Waals surface area contributed by atoms with Crippen LogP contribution in [0.3, 0.4) is 0 Å². The van der Waals surface area contributed by atoms with E-state index >= 15 is 0 Å². The molecule has 0 N–H and O–H groups in total. The average Bonchev–Trinajstić information content (AvgIpc) is 3.09. The van der Waals surface area contributed by atoms with Crippen molar-refractivity contribution in [3.05, 3.63) is 82.0 Å². The Kier molecular flexibility index (Phi) is 7.86. The van der Waals surface area contributed by atoms with E-state index < -0.39 is 10.0 Å². The highest BCUT2D eigenvalue weighted by molar-refractivity contribution is 9.10. The first kappa shape index (κ1) is 24.1. The van der Waals surface area contributed by atoms with E-state index in [0.717, 1.165) is 15.6 Å². The first-order valence-corrected chi connectivity index (χ1v) is 11.7. The van der Waals surface area contributed by atoms with Crippen LogP contribution in [0.15, 0.2) is 76.4 Å². The number of benzene rings is 2. The summed E-state index contributed by atoms with van der Waals surface area (Å²) in [5.41, 5.74) is 2.81. The molecule has 158 valence electrons. The maximum absolute atomic E-state index is 13.3. The molecular weight excluding hydrogens is 484 g/mol. The Hall–Kier alpha value is -2.15. The summed E-state index contributed by atoms with van der Waals surface area (Å²) in [6.07, 6.45) is 3.17. The highest BCUT2D eigenvalue weighted by atomic mass is 79.9. The van der Waals surface area contributed by atoms with E-state index in [1.165, 1.54) is 3.97 Å². The third-order valence-electron chi connectivity index (χ3n) is 4.32. The highest BCUT2D eigenvalue weighted by Crippen LogP contribution is 2.36. The summed E-state index contributed by atoms with van der Waals surface area (Å²) < 4.78 is 28.5. The van der Waals surface area contributed by atoms with Crippen LogP contribution in [0.25, 0.3) is 22.2 Å². The number of fused-ring (bicyclic) bond motifs is 1. The second-order valence-electron chi connectivity index (χ2n) is 6.16. The van der Waals surface area contributed by atoms with Crippen molar-refractivity contribution in [2.24, 2.45) is 0 Å². The SMILES string of the molecule is C.CC.Cc1ccc(S(=O)(=O)n2cc(-c3ccccc3Cl)c3cc(Br)cnc32)cc1. The lowest BCUT2D eigenvalue weighted by Gasteiger charge is -2.07.